The van der Waals surface area contributed by atoms with Gasteiger partial charge in [-0.15, -0.1) is 0 Å². The Morgan fingerprint density at radius 2 is 2.09 bits per heavy atom. The van der Waals surface area contributed by atoms with E-state index in [0.29, 0.717) is 11.4 Å². The van der Waals surface area contributed by atoms with Crippen molar-refractivity contribution < 1.29 is 13.2 Å². The summed E-state index contributed by atoms with van der Waals surface area (Å²) in [6, 6.07) is 4.30. The lowest BCUT2D eigenvalue weighted by Gasteiger charge is -2.26. The third kappa shape index (κ3) is 4.10. The van der Waals surface area contributed by atoms with E-state index >= 15 is 0 Å². The Morgan fingerprint density at radius 1 is 1.41 bits per heavy atom. The van der Waals surface area contributed by atoms with Gasteiger partial charge in [-0.2, -0.15) is 0 Å². The highest BCUT2D eigenvalue weighted by molar-refractivity contribution is 7.91. The van der Waals surface area contributed by atoms with Gasteiger partial charge in [-0.3, -0.25) is 10.1 Å². The van der Waals surface area contributed by atoms with Gasteiger partial charge in [0.05, 0.1) is 22.1 Å². The standard InChI is InChI=1S/C13H14Cl2N2O3S2/c1-17(9-4-5-22(19,20)7-9)13(21)16-12(18)10-3-2-8(14)6-11(10)15/h2-3,6,9H,4-5,7H2,1H3,(H,16,18,21). The molecule has 1 N–H and O–H groups in total. The first-order chi connectivity index (χ1) is 10.2. The minimum Gasteiger partial charge on any atom is -0.348 e. The van der Waals surface area contributed by atoms with Crippen LogP contribution in [0, 0.1) is 0 Å². The zero-order valence-corrected chi connectivity index (χ0v) is 14.8. The molecule has 1 saturated heterocycles. The molecule has 9 heteroatoms. The van der Waals surface area contributed by atoms with Gasteiger partial charge in [0.15, 0.2) is 14.9 Å². The van der Waals surface area contributed by atoms with E-state index in [1.165, 1.54) is 12.1 Å². The van der Waals surface area contributed by atoms with E-state index in [1.807, 2.05) is 0 Å². The maximum Gasteiger partial charge on any atom is 0.258 e. The van der Waals surface area contributed by atoms with E-state index < -0.39 is 15.7 Å². The molecule has 0 aliphatic carbocycles. The largest absolute Gasteiger partial charge is 0.348 e. The molecule has 0 aromatic heterocycles. The summed E-state index contributed by atoms with van der Waals surface area (Å²) in [4.78, 5) is 13.8. The van der Waals surface area contributed by atoms with Crippen molar-refractivity contribution in [3.8, 4) is 0 Å². The number of sulfone groups is 1. The fourth-order valence-corrected chi connectivity index (χ4v) is 4.68. The Kier molecular flexibility index (Phi) is 5.32. The normalized spacial score (nSPS) is 19.7. The molecular formula is C13H14Cl2N2O3S2. The third-order valence-corrected chi connectivity index (χ3v) is 6.16. The second-order valence-electron chi connectivity index (χ2n) is 5.05. The number of thiocarbonyl (C=S) groups is 1. The Balaban J connectivity index is 2.03. The van der Waals surface area contributed by atoms with E-state index in [1.54, 1.807) is 18.0 Å². The summed E-state index contributed by atoms with van der Waals surface area (Å²) in [7, 11) is -1.35. The van der Waals surface area contributed by atoms with E-state index in [9.17, 15) is 13.2 Å². The van der Waals surface area contributed by atoms with Crippen molar-refractivity contribution in [1.82, 2.24) is 10.2 Å². The predicted octanol–water partition coefficient (Wildman–Crippen LogP) is 2.13. The van der Waals surface area contributed by atoms with Gasteiger partial charge in [-0.05, 0) is 36.8 Å². The zero-order chi connectivity index (χ0) is 16.5. The minimum atomic E-state index is -3.02. The number of hydrogen-bond donors (Lipinski definition) is 1. The van der Waals surface area contributed by atoms with Gasteiger partial charge >= 0.3 is 0 Å². The molecule has 1 aliphatic rings. The number of carbonyl (C=O) groups is 1. The maximum absolute atomic E-state index is 12.2. The van der Waals surface area contributed by atoms with Gasteiger partial charge in [0.2, 0.25) is 0 Å². The summed E-state index contributed by atoms with van der Waals surface area (Å²) in [6.45, 7) is 0. The second-order valence-corrected chi connectivity index (χ2v) is 8.51. The van der Waals surface area contributed by atoms with Gasteiger partial charge in [-0.25, -0.2) is 8.42 Å². The highest BCUT2D eigenvalue weighted by Crippen LogP contribution is 2.21. The van der Waals surface area contributed by atoms with Crippen molar-refractivity contribution in [3.05, 3.63) is 33.8 Å². The number of rotatable bonds is 2. The highest BCUT2D eigenvalue weighted by atomic mass is 35.5. The number of carbonyl (C=O) groups excluding carboxylic acids is 1. The average molecular weight is 381 g/mol. The van der Waals surface area contributed by atoms with Gasteiger partial charge in [-0.1, -0.05) is 23.2 Å². The molecule has 5 nitrogen and oxygen atoms in total. The first-order valence-electron chi connectivity index (χ1n) is 6.43. The Morgan fingerprint density at radius 3 is 2.64 bits per heavy atom. The monoisotopic (exact) mass is 380 g/mol. The van der Waals surface area contributed by atoms with Gasteiger partial charge < -0.3 is 4.90 Å². The number of amides is 1. The van der Waals surface area contributed by atoms with Crippen LogP contribution in [0.1, 0.15) is 16.8 Å². The molecule has 22 heavy (non-hydrogen) atoms. The first-order valence-corrected chi connectivity index (χ1v) is 9.42. The Bertz CT molecular complexity index is 722. The van der Waals surface area contributed by atoms with Crippen LogP contribution in [-0.4, -0.2) is 48.9 Å². The quantitative estimate of drug-likeness (QED) is 0.795. The predicted molar refractivity (Wildman–Crippen MR) is 91.3 cm³/mol. The zero-order valence-electron chi connectivity index (χ0n) is 11.7. The summed E-state index contributed by atoms with van der Waals surface area (Å²) in [5.41, 5.74) is 0.251. The third-order valence-electron chi connectivity index (χ3n) is 3.47. The van der Waals surface area contributed by atoms with Crippen molar-refractivity contribution in [2.45, 2.75) is 12.5 Å². The van der Waals surface area contributed by atoms with E-state index in [-0.39, 0.29) is 33.2 Å². The molecule has 2 rings (SSSR count). The smallest absolute Gasteiger partial charge is 0.258 e. The van der Waals surface area contributed by atoms with E-state index in [2.05, 4.69) is 5.32 Å². The fraction of sp³-hybridized carbons (Fsp3) is 0.385. The van der Waals surface area contributed by atoms with Crippen LogP contribution in [0.5, 0.6) is 0 Å². The number of nitrogens with one attached hydrogen (secondary N) is 1. The number of halogens is 2. The van der Waals surface area contributed by atoms with Gasteiger partial charge in [0, 0.05) is 18.1 Å². The lowest BCUT2D eigenvalue weighted by Crippen LogP contribution is -2.46. The molecular weight excluding hydrogens is 367 g/mol. The van der Waals surface area contributed by atoms with Gasteiger partial charge in [0.25, 0.3) is 5.91 Å². The van der Waals surface area contributed by atoms with Crippen molar-refractivity contribution in [2.24, 2.45) is 0 Å². The van der Waals surface area contributed by atoms with Crippen molar-refractivity contribution in [2.75, 3.05) is 18.6 Å². The van der Waals surface area contributed by atoms with Crippen LogP contribution in [-0.2, 0) is 9.84 Å². The molecule has 1 heterocycles. The van der Waals surface area contributed by atoms with Crippen molar-refractivity contribution in [1.29, 1.82) is 0 Å². The van der Waals surface area contributed by atoms with Crippen LogP contribution in [0.2, 0.25) is 10.0 Å². The molecule has 120 valence electrons. The minimum absolute atomic E-state index is 0.0429. The summed E-state index contributed by atoms with van der Waals surface area (Å²) in [6.07, 6.45) is 0.497. The molecule has 1 amide bonds. The van der Waals surface area contributed by atoms with E-state index in [4.69, 9.17) is 35.4 Å². The van der Waals surface area contributed by atoms with Crippen molar-refractivity contribution in [3.63, 3.8) is 0 Å². The Labute approximate surface area is 144 Å². The fourth-order valence-electron chi connectivity index (χ4n) is 2.17. The molecule has 1 atom stereocenters. The molecule has 0 saturated carbocycles. The Hall–Kier alpha value is -0.890. The van der Waals surface area contributed by atoms with Crippen LogP contribution in [0.4, 0.5) is 0 Å². The summed E-state index contributed by atoms with van der Waals surface area (Å²) < 4.78 is 23.0. The molecule has 1 aromatic rings. The second kappa shape index (κ2) is 6.70. The molecule has 1 fully saturated rings. The summed E-state index contributed by atoms with van der Waals surface area (Å²) >= 11 is 16.9. The number of hydrogen-bond acceptors (Lipinski definition) is 4. The SMILES string of the molecule is CN(C(=S)NC(=O)c1ccc(Cl)cc1Cl)C1CCS(=O)(=O)C1. The maximum atomic E-state index is 12.2. The highest BCUT2D eigenvalue weighted by Gasteiger charge is 2.32. The summed E-state index contributed by atoms with van der Waals surface area (Å²) in [5.74, 6) is -0.276. The number of benzene rings is 1. The van der Waals surface area contributed by atoms with Crippen LogP contribution in [0.3, 0.4) is 0 Å². The molecule has 0 radical (unpaired) electrons. The van der Waals surface area contributed by atoms with Crippen LogP contribution >= 0.6 is 35.4 Å². The molecule has 0 spiro atoms. The summed E-state index contributed by atoms with van der Waals surface area (Å²) in [5, 5.41) is 3.37. The molecule has 1 aliphatic heterocycles. The molecule has 1 unspecified atom stereocenters. The first kappa shape index (κ1) is 17.5. The van der Waals surface area contributed by atoms with Crippen LogP contribution in [0.15, 0.2) is 18.2 Å². The molecule has 0 bridgehead atoms. The topological polar surface area (TPSA) is 66.5 Å². The lowest BCUT2D eigenvalue weighted by molar-refractivity contribution is 0.0973. The average Bonchev–Trinajstić information content (AvgIpc) is 2.77. The van der Waals surface area contributed by atoms with Gasteiger partial charge in [0.1, 0.15) is 0 Å². The number of nitrogens with zero attached hydrogens (tertiary/aromatic N) is 1. The van der Waals surface area contributed by atoms with E-state index in [0.717, 1.165) is 0 Å². The van der Waals surface area contributed by atoms with Crippen molar-refractivity contribution >= 4 is 56.3 Å². The van der Waals surface area contributed by atoms with Crippen LogP contribution < -0.4 is 5.32 Å². The lowest BCUT2D eigenvalue weighted by atomic mass is 10.2. The molecule has 1 aromatic carbocycles. The van der Waals surface area contributed by atoms with Crippen LogP contribution in [0.25, 0.3) is 0 Å².